The van der Waals surface area contributed by atoms with Crippen molar-refractivity contribution in [3.63, 3.8) is 0 Å². The second kappa shape index (κ2) is 13.4. The molecule has 2 N–H and O–H groups in total. The molecule has 0 rings (SSSR count). The first-order valence-corrected chi connectivity index (χ1v) is 9.86. The molecule has 0 spiro atoms. The van der Waals surface area contributed by atoms with E-state index in [0.29, 0.717) is 12.8 Å². The number of hydrogen-bond donors (Lipinski definition) is 2. The number of unbranched alkanes of at least 4 members (excludes halogenated alkanes) is 4. The van der Waals surface area contributed by atoms with Gasteiger partial charge in [0.15, 0.2) is 6.10 Å². The fourth-order valence-electron chi connectivity index (χ4n) is 1.88. The Morgan fingerprint density at radius 2 is 1.58 bits per heavy atom. The van der Waals surface area contributed by atoms with Crippen molar-refractivity contribution in [1.82, 2.24) is 0 Å². The molecule has 0 aliphatic heterocycles. The molecule has 0 bridgehead atoms. The summed E-state index contributed by atoms with van der Waals surface area (Å²) in [7, 11) is -4.69. The molecule has 24 heavy (non-hydrogen) atoms. The molecule has 142 valence electrons. The molecule has 0 aliphatic rings. The van der Waals surface area contributed by atoms with Crippen molar-refractivity contribution in [2.75, 3.05) is 13.2 Å². The Morgan fingerprint density at radius 1 is 0.917 bits per heavy atom. The van der Waals surface area contributed by atoms with Gasteiger partial charge >= 0.3 is 19.8 Å². The van der Waals surface area contributed by atoms with Crippen molar-refractivity contribution < 1.29 is 37.9 Å². The maximum atomic E-state index is 11.8. The van der Waals surface area contributed by atoms with Gasteiger partial charge in [0, 0.05) is 12.8 Å². The number of esters is 2. The molecule has 0 aliphatic carbocycles. The molecular weight excluding hydrogens is 339 g/mol. The second-order valence-corrected chi connectivity index (χ2v) is 6.73. The molecule has 0 amide bonds. The van der Waals surface area contributed by atoms with Crippen LogP contribution in [0.5, 0.6) is 0 Å². The minimum atomic E-state index is -4.69. The highest BCUT2D eigenvalue weighted by Crippen LogP contribution is 2.35. The van der Waals surface area contributed by atoms with Crippen LogP contribution >= 0.6 is 7.82 Å². The summed E-state index contributed by atoms with van der Waals surface area (Å²) in [6.45, 7) is 3.08. The maximum Gasteiger partial charge on any atom is 0.469 e. The first-order chi connectivity index (χ1) is 11.3. The molecular formula is C15H29O8P. The predicted octanol–water partition coefficient (Wildman–Crippen LogP) is 2.71. The van der Waals surface area contributed by atoms with Crippen LogP contribution in [0.2, 0.25) is 0 Å². The zero-order valence-corrected chi connectivity index (χ0v) is 15.3. The number of hydrogen-bond acceptors (Lipinski definition) is 6. The van der Waals surface area contributed by atoms with Gasteiger partial charge in [-0.05, 0) is 12.8 Å². The number of rotatable bonds is 14. The normalized spacial score (nSPS) is 12.7. The van der Waals surface area contributed by atoms with E-state index in [1.165, 1.54) is 0 Å². The molecule has 0 aromatic heterocycles. The zero-order chi connectivity index (χ0) is 18.4. The SMILES string of the molecule is CCCCCCCC(=O)O[C@H](COC(=O)CCC)COP(=O)(O)O. The monoisotopic (exact) mass is 368 g/mol. The minimum Gasteiger partial charge on any atom is -0.462 e. The number of carbonyl (C=O) groups excluding carboxylic acids is 2. The fraction of sp³-hybridized carbons (Fsp3) is 0.867. The smallest absolute Gasteiger partial charge is 0.462 e. The van der Waals surface area contributed by atoms with Crippen molar-refractivity contribution in [3.05, 3.63) is 0 Å². The van der Waals surface area contributed by atoms with Crippen molar-refractivity contribution >= 4 is 19.8 Å². The second-order valence-electron chi connectivity index (χ2n) is 5.50. The van der Waals surface area contributed by atoms with Gasteiger partial charge in [0.05, 0.1) is 6.61 Å². The first-order valence-electron chi connectivity index (χ1n) is 8.33. The third-order valence-corrected chi connectivity index (χ3v) is 3.58. The van der Waals surface area contributed by atoms with Crippen LogP contribution in [0, 0.1) is 0 Å². The van der Waals surface area contributed by atoms with Crippen molar-refractivity contribution in [1.29, 1.82) is 0 Å². The zero-order valence-electron chi connectivity index (χ0n) is 14.4. The van der Waals surface area contributed by atoms with E-state index in [0.717, 1.165) is 25.7 Å². The highest BCUT2D eigenvalue weighted by molar-refractivity contribution is 7.46. The Labute approximate surface area is 143 Å². The number of phosphoric ester groups is 1. The van der Waals surface area contributed by atoms with Gasteiger partial charge in [-0.1, -0.05) is 39.5 Å². The third kappa shape index (κ3) is 14.6. The van der Waals surface area contributed by atoms with E-state index < -0.39 is 32.5 Å². The Kier molecular flexibility index (Phi) is 12.8. The van der Waals surface area contributed by atoms with E-state index in [4.69, 9.17) is 19.3 Å². The summed E-state index contributed by atoms with van der Waals surface area (Å²) < 4.78 is 25.1. The van der Waals surface area contributed by atoms with Crippen molar-refractivity contribution in [2.45, 2.75) is 71.3 Å². The Balaban J connectivity index is 4.27. The van der Waals surface area contributed by atoms with Crippen LogP contribution in [0.3, 0.4) is 0 Å². The van der Waals surface area contributed by atoms with Crippen LogP contribution in [0.25, 0.3) is 0 Å². The average molecular weight is 368 g/mol. The molecule has 0 fully saturated rings. The highest BCUT2D eigenvalue weighted by Gasteiger charge is 2.22. The van der Waals surface area contributed by atoms with Crippen LogP contribution in [-0.4, -0.2) is 41.0 Å². The summed E-state index contributed by atoms with van der Waals surface area (Å²) >= 11 is 0. The van der Waals surface area contributed by atoms with Crippen molar-refractivity contribution in [2.24, 2.45) is 0 Å². The van der Waals surface area contributed by atoms with Gasteiger partial charge in [-0.3, -0.25) is 14.1 Å². The quantitative estimate of drug-likeness (QED) is 0.273. The summed E-state index contributed by atoms with van der Waals surface area (Å²) in [5, 5.41) is 0. The molecule has 8 nitrogen and oxygen atoms in total. The van der Waals surface area contributed by atoms with Gasteiger partial charge in [-0.25, -0.2) is 4.57 Å². The van der Waals surface area contributed by atoms with Gasteiger partial charge in [0.2, 0.25) is 0 Å². The van der Waals surface area contributed by atoms with Gasteiger partial charge in [0.1, 0.15) is 6.61 Å². The molecule has 0 aromatic carbocycles. The highest BCUT2D eigenvalue weighted by atomic mass is 31.2. The van der Waals surface area contributed by atoms with E-state index >= 15 is 0 Å². The molecule has 1 atom stereocenters. The lowest BCUT2D eigenvalue weighted by molar-refractivity contribution is -0.161. The van der Waals surface area contributed by atoms with Gasteiger partial charge in [0.25, 0.3) is 0 Å². The van der Waals surface area contributed by atoms with E-state index in [2.05, 4.69) is 11.4 Å². The Hall–Kier alpha value is -0.950. The fourth-order valence-corrected chi connectivity index (χ4v) is 2.24. The molecule has 0 saturated heterocycles. The third-order valence-electron chi connectivity index (χ3n) is 3.10. The molecule has 0 saturated carbocycles. The lowest BCUT2D eigenvalue weighted by Crippen LogP contribution is -2.29. The van der Waals surface area contributed by atoms with Gasteiger partial charge in [-0.15, -0.1) is 0 Å². The molecule has 0 heterocycles. The summed E-state index contributed by atoms with van der Waals surface area (Å²) in [5.41, 5.74) is 0. The van der Waals surface area contributed by atoms with Crippen LogP contribution in [0.15, 0.2) is 0 Å². The summed E-state index contributed by atoms with van der Waals surface area (Å²) in [4.78, 5) is 40.6. The van der Waals surface area contributed by atoms with Crippen molar-refractivity contribution in [3.8, 4) is 0 Å². The molecule has 0 aromatic rings. The van der Waals surface area contributed by atoms with E-state index in [-0.39, 0.29) is 19.4 Å². The Bertz CT molecular complexity index is 406. The topological polar surface area (TPSA) is 119 Å². The van der Waals surface area contributed by atoms with E-state index in [9.17, 15) is 14.2 Å². The van der Waals surface area contributed by atoms with Crippen LogP contribution in [-0.2, 0) is 28.2 Å². The lowest BCUT2D eigenvalue weighted by Gasteiger charge is -2.18. The molecule has 0 radical (unpaired) electrons. The van der Waals surface area contributed by atoms with Gasteiger partial charge in [-0.2, -0.15) is 0 Å². The maximum absolute atomic E-state index is 11.8. The summed E-state index contributed by atoms with van der Waals surface area (Å²) in [6.07, 6.45) is 4.86. The minimum absolute atomic E-state index is 0.207. The van der Waals surface area contributed by atoms with Crippen LogP contribution in [0.1, 0.15) is 65.2 Å². The lowest BCUT2D eigenvalue weighted by atomic mass is 10.1. The standard InChI is InChI=1S/C15H29O8P/c1-3-5-6-7-8-10-15(17)23-13(12-22-24(18,19)20)11-21-14(16)9-4-2/h13H,3-12H2,1-2H3,(H2,18,19,20)/t13-/m1/s1. The summed E-state index contributed by atoms with van der Waals surface area (Å²) in [6, 6.07) is 0. The number of carbonyl (C=O) groups is 2. The van der Waals surface area contributed by atoms with Gasteiger partial charge < -0.3 is 19.3 Å². The Morgan fingerprint density at radius 3 is 2.17 bits per heavy atom. The predicted molar refractivity (Wildman–Crippen MR) is 87.1 cm³/mol. The first kappa shape index (κ1) is 23.1. The average Bonchev–Trinajstić information content (AvgIpc) is 2.49. The summed E-state index contributed by atoms with van der Waals surface area (Å²) in [5.74, 6) is -0.966. The van der Waals surface area contributed by atoms with E-state index in [1.54, 1.807) is 0 Å². The van der Waals surface area contributed by atoms with Crippen LogP contribution < -0.4 is 0 Å². The largest absolute Gasteiger partial charge is 0.469 e. The van der Waals surface area contributed by atoms with E-state index in [1.807, 2.05) is 6.92 Å². The molecule has 0 unspecified atom stereocenters. The number of phosphoric acid groups is 1. The molecule has 9 heteroatoms. The van der Waals surface area contributed by atoms with Crippen LogP contribution in [0.4, 0.5) is 0 Å². The number of ether oxygens (including phenoxy) is 2.